The second kappa shape index (κ2) is 9.34. The van der Waals surface area contributed by atoms with Gasteiger partial charge in [-0.2, -0.15) is 4.99 Å². The number of thiazole rings is 1. The van der Waals surface area contributed by atoms with Gasteiger partial charge in [0, 0.05) is 41.5 Å². The third kappa shape index (κ3) is 5.11. The third-order valence-corrected chi connectivity index (χ3v) is 6.14. The van der Waals surface area contributed by atoms with Crippen LogP contribution in [0.1, 0.15) is 24.2 Å². The molecule has 29 heavy (non-hydrogen) atoms. The van der Waals surface area contributed by atoms with Crippen molar-refractivity contribution in [3.63, 3.8) is 0 Å². The van der Waals surface area contributed by atoms with Crippen molar-refractivity contribution in [2.75, 3.05) is 13.7 Å². The molecule has 0 aliphatic heterocycles. The molecule has 0 saturated heterocycles. The van der Waals surface area contributed by atoms with E-state index in [4.69, 9.17) is 4.74 Å². The Balaban J connectivity index is 2.01. The molecule has 3 aromatic rings. The summed E-state index contributed by atoms with van der Waals surface area (Å²) in [5.41, 5.74) is 1.16. The van der Waals surface area contributed by atoms with Crippen LogP contribution in [0.4, 0.5) is 5.69 Å². The highest BCUT2D eigenvalue weighted by atomic mass is 32.2. The van der Waals surface area contributed by atoms with E-state index in [0.29, 0.717) is 34.3 Å². The van der Waals surface area contributed by atoms with E-state index >= 15 is 0 Å². The lowest BCUT2D eigenvalue weighted by atomic mass is 10.2. The first-order chi connectivity index (χ1) is 13.9. The molecule has 9 heteroatoms. The molecule has 152 valence electrons. The van der Waals surface area contributed by atoms with Gasteiger partial charge in [-0.25, -0.2) is 0 Å². The minimum Gasteiger partial charge on any atom is -0.383 e. The number of hydrogen-bond acceptors (Lipinski definition) is 6. The number of amides is 1. The van der Waals surface area contributed by atoms with Gasteiger partial charge in [-0.3, -0.25) is 14.9 Å². The van der Waals surface area contributed by atoms with Crippen molar-refractivity contribution in [3.05, 3.63) is 62.9 Å². The van der Waals surface area contributed by atoms with E-state index in [1.165, 1.54) is 23.5 Å². The van der Waals surface area contributed by atoms with Gasteiger partial charge < -0.3 is 9.30 Å². The minimum atomic E-state index is -0.434. The predicted octanol–water partition coefficient (Wildman–Crippen LogP) is 4.50. The number of nitro benzene ring substituents is 1. The quantitative estimate of drug-likeness (QED) is 0.312. The number of fused-ring (bicyclic) bond motifs is 1. The summed E-state index contributed by atoms with van der Waals surface area (Å²) in [6.45, 7) is 5.07. The van der Waals surface area contributed by atoms with E-state index in [9.17, 15) is 14.9 Å². The average Bonchev–Trinajstić information content (AvgIpc) is 3.02. The summed E-state index contributed by atoms with van der Waals surface area (Å²) < 4.78 is 7.76. The van der Waals surface area contributed by atoms with Crippen LogP contribution < -0.4 is 4.80 Å². The van der Waals surface area contributed by atoms with Gasteiger partial charge in [-0.1, -0.05) is 25.2 Å². The molecule has 2 aromatic carbocycles. The summed E-state index contributed by atoms with van der Waals surface area (Å²) in [4.78, 5) is 29.3. The lowest BCUT2D eigenvalue weighted by Crippen LogP contribution is -2.19. The maximum absolute atomic E-state index is 12.7. The normalized spacial score (nSPS) is 12.1. The highest BCUT2D eigenvalue weighted by Gasteiger charge is 2.13. The first-order valence-electron chi connectivity index (χ1n) is 9.01. The monoisotopic (exact) mass is 431 g/mol. The zero-order valence-electron chi connectivity index (χ0n) is 16.3. The maximum atomic E-state index is 12.7. The first kappa shape index (κ1) is 21.2. The Hall–Kier alpha value is -2.49. The number of hydrogen-bond donors (Lipinski definition) is 0. The molecular formula is C20H21N3O4S2. The molecule has 0 aliphatic rings. The molecule has 0 fully saturated rings. The summed E-state index contributed by atoms with van der Waals surface area (Å²) in [5, 5.41) is 11.6. The van der Waals surface area contributed by atoms with Gasteiger partial charge in [0.05, 0.1) is 21.7 Å². The van der Waals surface area contributed by atoms with Crippen LogP contribution in [0.3, 0.4) is 0 Å². The van der Waals surface area contributed by atoms with Crippen molar-refractivity contribution in [3.8, 4) is 0 Å². The van der Waals surface area contributed by atoms with Crippen LogP contribution in [-0.4, -0.2) is 34.4 Å². The molecule has 0 unspecified atom stereocenters. The van der Waals surface area contributed by atoms with E-state index in [1.54, 1.807) is 41.6 Å². The molecule has 1 amide bonds. The standard InChI is InChI=1S/C20H21N3O4S2/c1-13(2)28-16-7-4-14(5-8-16)19(24)21-20-22(10-11-27-3)17-12-15(23(25)26)6-9-18(17)29-20/h4-9,12-13H,10-11H2,1-3H3. The number of thioether (sulfide) groups is 1. The Bertz CT molecular complexity index is 1100. The van der Waals surface area contributed by atoms with Crippen LogP contribution in [0.5, 0.6) is 0 Å². The van der Waals surface area contributed by atoms with Crippen molar-refractivity contribution < 1.29 is 14.5 Å². The lowest BCUT2D eigenvalue weighted by molar-refractivity contribution is -0.384. The van der Waals surface area contributed by atoms with E-state index in [0.717, 1.165) is 9.60 Å². The molecule has 0 saturated carbocycles. The average molecular weight is 432 g/mol. The Kier molecular flexibility index (Phi) is 6.83. The Morgan fingerprint density at radius 1 is 1.28 bits per heavy atom. The van der Waals surface area contributed by atoms with Crippen LogP contribution in [0.25, 0.3) is 10.2 Å². The van der Waals surface area contributed by atoms with Crippen LogP contribution in [0.2, 0.25) is 0 Å². The molecule has 0 spiro atoms. The Labute approximate surface area is 176 Å². The van der Waals surface area contributed by atoms with Crippen molar-refractivity contribution in [1.29, 1.82) is 0 Å². The number of ether oxygens (including phenoxy) is 1. The van der Waals surface area contributed by atoms with Gasteiger partial charge in [0.2, 0.25) is 0 Å². The minimum absolute atomic E-state index is 0.00224. The van der Waals surface area contributed by atoms with E-state index < -0.39 is 4.92 Å². The molecule has 0 aliphatic carbocycles. The van der Waals surface area contributed by atoms with Crippen LogP contribution in [0.15, 0.2) is 52.4 Å². The number of rotatable bonds is 7. The third-order valence-electron chi connectivity index (χ3n) is 4.07. The summed E-state index contributed by atoms with van der Waals surface area (Å²) in [7, 11) is 1.58. The van der Waals surface area contributed by atoms with Crippen LogP contribution in [-0.2, 0) is 11.3 Å². The Morgan fingerprint density at radius 3 is 2.62 bits per heavy atom. The van der Waals surface area contributed by atoms with E-state index in [-0.39, 0.29) is 11.6 Å². The summed E-state index contributed by atoms with van der Waals surface area (Å²) in [6, 6.07) is 12.0. The van der Waals surface area contributed by atoms with Crippen LogP contribution in [0, 0.1) is 10.1 Å². The molecule has 0 radical (unpaired) electrons. The molecule has 0 bridgehead atoms. The summed E-state index contributed by atoms with van der Waals surface area (Å²) in [5.74, 6) is -0.349. The Morgan fingerprint density at radius 2 is 2.00 bits per heavy atom. The molecular weight excluding hydrogens is 410 g/mol. The fourth-order valence-corrected chi connectivity index (χ4v) is 4.63. The highest BCUT2D eigenvalue weighted by molar-refractivity contribution is 7.99. The van der Waals surface area contributed by atoms with Gasteiger partial charge in [0.1, 0.15) is 0 Å². The van der Waals surface area contributed by atoms with Gasteiger partial charge >= 0.3 is 0 Å². The zero-order valence-corrected chi connectivity index (χ0v) is 18.0. The number of nitro groups is 1. The number of nitrogens with zero attached hydrogens (tertiary/aromatic N) is 3. The van der Waals surface area contributed by atoms with Gasteiger partial charge in [-0.05, 0) is 30.3 Å². The largest absolute Gasteiger partial charge is 0.383 e. The van der Waals surface area contributed by atoms with Crippen molar-refractivity contribution in [1.82, 2.24) is 4.57 Å². The number of non-ortho nitro benzene ring substituents is 1. The van der Waals surface area contributed by atoms with Crippen molar-refractivity contribution in [2.24, 2.45) is 4.99 Å². The van der Waals surface area contributed by atoms with Gasteiger partial charge in [0.25, 0.3) is 11.6 Å². The number of methoxy groups -OCH3 is 1. The van der Waals surface area contributed by atoms with Crippen LogP contribution >= 0.6 is 23.1 Å². The molecule has 3 rings (SSSR count). The number of aromatic nitrogens is 1. The van der Waals surface area contributed by atoms with Gasteiger partial charge in [0.15, 0.2) is 4.80 Å². The molecule has 0 N–H and O–H groups in total. The maximum Gasteiger partial charge on any atom is 0.279 e. The number of carbonyl (C=O) groups is 1. The fraction of sp³-hybridized carbons (Fsp3) is 0.300. The molecule has 7 nitrogen and oxygen atoms in total. The zero-order chi connectivity index (χ0) is 21.0. The second-order valence-electron chi connectivity index (χ2n) is 6.55. The topological polar surface area (TPSA) is 86.7 Å². The first-order valence-corrected chi connectivity index (χ1v) is 10.7. The second-order valence-corrected chi connectivity index (χ2v) is 9.21. The van der Waals surface area contributed by atoms with Crippen molar-refractivity contribution >= 4 is 44.9 Å². The summed E-state index contributed by atoms with van der Waals surface area (Å²) >= 11 is 3.05. The highest BCUT2D eigenvalue weighted by Crippen LogP contribution is 2.24. The van der Waals surface area contributed by atoms with Crippen molar-refractivity contribution in [2.45, 2.75) is 30.5 Å². The smallest absolute Gasteiger partial charge is 0.279 e. The van der Waals surface area contributed by atoms with Gasteiger partial charge in [-0.15, -0.1) is 11.8 Å². The molecule has 0 atom stereocenters. The fourth-order valence-electron chi connectivity index (χ4n) is 2.75. The van der Waals surface area contributed by atoms with E-state index in [1.807, 2.05) is 12.1 Å². The van der Waals surface area contributed by atoms with E-state index in [2.05, 4.69) is 18.8 Å². The summed E-state index contributed by atoms with van der Waals surface area (Å²) in [6.07, 6.45) is 0. The number of carbonyl (C=O) groups excluding carboxylic acids is 1. The predicted molar refractivity (Wildman–Crippen MR) is 116 cm³/mol. The lowest BCUT2D eigenvalue weighted by Gasteiger charge is -2.05. The molecule has 1 heterocycles. The molecule has 1 aromatic heterocycles. The SMILES string of the molecule is COCCn1c(=NC(=O)c2ccc(SC(C)C)cc2)sc2ccc([N+](=O)[O-])cc21. The number of benzene rings is 2.